The van der Waals surface area contributed by atoms with Gasteiger partial charge in [-0.05, 0) is 42.2 Å². The molecule has 1 aliphatic carbocycles. The molecule has 2 bridgehead atoms. The molecule has 2 aliphatic rings. The molecular weight excluding hydrogens is 364 g/mol. The summed E-state index contributed by atoms with van der Waals surface area (Å²) in [6.07, 6.45) is 2.98. The lowest BCUT2D eigenvalue weighted by Crippen LogP contribution is -2.39. The Labute approximate surface area is 163 Å². The van der Waals surface area contributed by atoms with Crippen LogP contribution in [0, 0.1) is 20.9 Å². The number of nitro benzene ring substituents is 1. The van der Waals surface area contributed by atoms with Crippen molar-refractivity contribution in [2.24, 2.45) is 10.8 Å². The van der Waals surface area contributed by atoms with Crippen LogP contribution in [0.2, 0.25) is 0 Å². The van der Waals surface area contributed by atoms with E-state index in [9.17, 15) is 19.7 Å². The highest BCUT2D eigenvalue weighted by molar-refractivity contribution is 5.92. The van der Waals surface area contributed by atoms with Gasteiger partial charge in [0.1, 0.15) is 0 Å². The Bertz CT molecular complexity index is 821. The standard InChI is InChI=1S/C20H26N2O6/c1-19(2)8-14-9-20(3,11-19)12-21(14)17(23)10-28-18(24)13-5-6-16(27-4)15(7-13)22(25)26/h5-7,14H,8-12H2,1-4H3/t14-,20+/m1/s1. The topological polar surface area (TPSA) is 99.0 Å². The van der Waals surface area contributed by atoms with Crippen LogP contribution in [0.4, 0.5) is 5.69 Å². The first kappa shape index (κ1) is 20.1. The lowest BCUT2D eigenvalue weighted by molar-refractivity contribution is -0.385. The molecule has 1 aromatic rings. The molecule has 2 atom stereocenters. The lowest BCUT2D eigenvalue weighted by atomic mass is 9.65. The zero-order chi connectivity index (χ0) is 20.7. The summed E-state index contributed by atoms with van der Waals surface area (Å²) in [5, 5.41) is 11.1. The zero-order valence-electron chi connectivity index (χ0n) is 16.7. The fraction of sp³-hybridized carbons (Fsp3) is 0.600. The van der Waals surface area contributed by atoms with Gasteiger partial charge in [-0.15, -0.1) is 0 Å². The number of hydrogen-bond acceptors (Lipinski definition) is 6. The molecule has 0 spiro atoms. The van der Waals surface area contributed by atoms with Crippen molar-refractivity contribution in [2.75, 3.05) is 20.3 Å². The number of likely N-dealkylation sites (tertiary alicyclic amines) is 1. The number of nitro groups is 1. The molecule has 152 valence electrons. The Hall–Kier alpha value is -2.64. The van der Waals surface area contributed by atoms with Gasteiger partial charge in [0.15, 0.2) is 12.4 Å². The molecule has 0 N–H and O–H groups in total. The second-order valence-corrected chi connectivity index (χ2v) is 8.96. The molecule has 0 radical (unpaired) electrons. The molecule has 1 heterocycles. The molecule has 0 unspecified atom stereocenters. The summed E-state index contributed by atoms with van der Waals surface area (Å²) in [5.41, 5.74) is -0.0333. The number of ether oxygens (including phenoxy) is 2. The van der Waals surface area contributed by atoms with Crippen LogP contribution in [0.25, 0.3) is 0 Å². The number of carbonyl (C=O) groups is 2. The second kappa shape index (κ2) is 7.07. The Morgan fingerprint density at radius 3 is 2.64 bits per heavy atom. The highest BCUT2D eigenvalue weighted by Crippen LogP contribution is 2.52. The monoisotopic (exact) mass is 390 g/mol. The van der Waals surface area contributed by atoms with E-state index in [1.165, 1.54) is 19.2 Å². The molecule has 1 saturated carbocycles. The summed E-state index contributed by atoms with van der Waals surface area (Å²) in [4.78, 5) is 37.2. The number of esters is 1. The Kier molecular flexibility index (Phi) is 5.08. The Balaban J connectivity index is 1.65. The van der Waals surface area contributed by atoms with Gasteiger partial charge < -0.3 is 14.4 Å². The summed E-state index contributed by atoms with van der Waals surface area (Å²) in [6, 6.07) is 3.98. The molecule has 1 saturated heterocycles. The summed E-state index contributed by atoms with van der Waals surface area (Å²) in [6.45, 7) is 6.96. The number of benzene rings is 1. The summed E-state index contributed by atoms with van der Waals surface area (Å²) >= 11 is 0. The third kappa shape index (κ3) is 3.95. The average Bonchev–Trinajstić information content (AvgIpc) is 2.87. The normalized spacial score (nSPS) is 25.3. The van der Waals surface area contributed by atoms with E-state index in [4.69, 9.17) is 9.47 Å². The average molecular weight is 390 g/mol. The van der Waals surface area contributed by atoms with Crippen LogP contribution in [0.15, 0.2) is 18.2 Å². The summed E-state index contributed by atoms with van der Waals surface area (Å²) in [7, 11) is 1.31. The van der Waals surface area contributed by atoms with Crippen molar-refractivity contribution < 1.29 is 24.0 Å². The van der Waals surface area contributed by atoms with Crippen molar-refractivity contribution in [2.45, 2.75) is 46.1 Å². The van der Waals surface area contributed by atoms with E-state index < -0.39 is 10.9 Å². The molecule has 1 amide bonds. The third-order valence-corrected chi connectivity index (χ3v) is 5.67. The molecule has 1 aromatic carbocycles. The number of methoxy groups -OCH3 is 1. The van der Waals surface area contributed by atoms with Gasteiger partial charge >= 0.3 is 11.7 Å². The maximum Gasteiger partial charge on any atom is 0.338 e. The van der Waals surface area contributed by atoms with Crippen LogP contribution in [-0.4, -0.2) is 48.0 Å². The minimum Gasteiger partial charge on any atom is -0.490 e. The van der Waals surface area contributed by atoms with E-state index >= 15 is 0 Å². The van der Waals surface area contributed by atoms with Gasteiger partial charge in [-0.2, -0.15) is 0 Å². The summed E-state index contributed by atoms with van der Waals surface area (Å²) < 4.78 is 10.1. The first-order valence-electron chi connectivity index (χ1n) is 9.33. The van der Waals surface area contributed by atoms with Gasteiger partial charge in [0, 0.05) is 18.7 Å². The molecule has 1 aliphatic heterocycles. The fourth-order valence-corrected chi connectivity index (χ4v) is 5.00. The number of nitrogens with zero attached hydrogens (tertiary/aromatic N) is 2. The van der Waals surface area contributed by atoms with E-state index in [2.05, 4.69) is 20.8 Å². The summed E-state index contributed by atoms with van der Waals surface area (Å²) in [5.74, 6) is -0.937. The number of amides is 1. The van der Waals surface area contributed by atoms with Crippen molar-refractivity contribution >= 4 is 17.6 Å². The van der Waals surface area contributed by atoms with Crippen molar-refractivity contribution in [3.8, 4) is 5.75 Å². The first-order valence-corrected chi connectivity index (χ1v) is 9.33. The van der Waals surface area contributed by atoms with Crippen LogP contribution < -0.4 is 4.74 Å². The fourth-order valence-electron chi connectivity index (χ4n) is 5.00. The van der Waals surface area contributed by atoms with Gasteiger partial charge in [0.2, 0.25) is 0 Å². The number of hydrogen-bond donors (Lipinski definition) is 0. The highest BCUT2D eigenvalue weighted by Gasteiger charge is 2.50. The van der Waals surface area contributed by atoms with Crippen molar-refractivity contribution in [3.05, 3.63) is 33.9 Å². The predicted molar refractivity (Wildman–Crippen MR) is 101 cm³/mol. The van der Waals surface area contributed by atoms with Crippen LogP contribution in [0.3, 0.4) is 0 Å². The molecule has 3 rings (SSSR count). The van der Waals surface area contributed by atoms with Crippen LogP contribution in [-0.2, 0) is 9.53 Å². The first-order chi connectivity index (χ1) is 13.0. The maximum atomic E-state index is 12.7. The van der Waals surface area contributed by atoms with Crippen LogP contribution in [0.1, 0.15) is 50.4 Å². The SMILES string of the molecule is COc1ccc(C(=O)OCC(=O)N2C[C@@]3(C)C[C@H]2CC(C)(C)C3)cc1[N+](=O)[O-]. The van der Waals surface area contributed by atoms with E-state index in [1.54, 1.807) is 0 Å². The molecule has 0 aromatic heterocycles. The van der Waals surface area contributed by atoms with Gasteiger partial charge in [0.25, 0.3) is 5.91 Å². The Morgan fingerprint density at radius 1 is 1.29 bits per heavy atom. The highest BCUT2D eigenvalue weighted by atomic mass is 16.6. The van der Waals surface area contributed by atoms with Crippen molar-refractivity contribution in [3.63, 3.8) is 0 Å². The van der Waals surface area contributed by atoms with Gasteiger partial charge in [-0.1, -0.05) is 20.8 Å². The van der Waals surface area contributed by atoms with Gasteiger partial charge in [-0.3, -0.25) is 14.9 Å². The number of fused-ring (bicyclic) bond motifs is 2. The van der Waals surface area contributed by atoms with Crippen LogP contribution >= 0.6 is 0 Å². The minimum absolute atomic E-state index is 0.00793. The second-order valence-electron chi connectivity index (χ2n) is 8.96. The predicted octanol–water partition coefficient (Wildman–Crippen LogP) is 3.19. The zero-order valence-corrected chi connectivity index (χ0v) is 16.7. The largest absolute Gasteiger partial charge is 0.490 e. The lowest BCUT2D eigenvalue weighted by Gasteiger charge is -2.39. The number of carbonyl (C=O) groups excluding carboxylic acids is 2. The van der Waals surface area contributed by atoms with Crippen molar-refractivity contribution in [1.29, 1.82) is 0 Å². The smallest absolute Gasteiger partial charge is 0.338 e. The minimum atomic E-state index is -0.771. The maximum absolute atomic E-state index is 12.7. The molecule has 2 fully saturated rings. The third-order valence-electron chi connectivity index (χ3n) is 5.67. The molecule has 8 nitrogen and oxygen atoms in total. The van der Waals surface area contributed by atoms with E-state index in [0.29, 0.717) is 6.54 Å². The Morgan fingerprint density at radius 2 is 2.00 bits per heavy atom. The van der Waals surface area contributed by atoms with E-state index in [-0.39, 0.29) is 46.4 Å². The van der Waals surface area contributed by atoms with Crippen molar-refractivity contribution in [1.82, 2.24) is 4.90 Å². The van der Waals surface area contributed by atoms with E-state index in [1.807, 2.05) is 4.90 Å². The number of rotatable bonds is 5. The molecular formula is C20H26N2O6. The van der Waals surface area contributed by atoms with Gasteiger partial charge in [-0.25, -0.2) is 4.79 Å². The molecule has 28 heavy (non-hydrogen) atoms. The molecule has 8 heteroatoms. The quantitative estimate of drug-likeness (QED) is 0.435. The van der Waals surface area contributed by atoms with Crippen LogP contribution in [0.5, 0.6) is 5.75 Å². The van der Waals surface area contributed by atoms with Gasteiger partial charge in [0.05, 0.1) is 17.6 Å². The van der Waals surface area contributed by atoms with E-state index in [0.717, 1.165) is 25.3 Å².